The summed E-state index contributed by atoms with van der Waals surface area (Å²) in [7, 11) is 1.64. The van der Waals surface area contributed by atoms with Gasteiger partial charge < -0.3 is 16.0 Å². The van der Waals surface area contributed by atoms with E-state index in [9.17, 15) is 13.2 Å². The standard InChI is InChI=1S/C15H20F3N7S.HI/c1-3-10-8-23-12(26-10)9-24-13(19-2)21-6-7-22-14-20-5-4-11(25-14)15(16,17)18;/h4-5,8H,3,6-7,9H2,1-2H3,(H2,19,21,24)(H,20,22,25);1H. The third-order valence-corrected chi connectivity index (χ3v) is 4.37. The lowest BCUT2D eigenvalue weighted by Gasteiger charge is -2.12. The Morgan fingerprint density at radius 3 is 2.63 bits per heavy atom. The van der Waals surface area contributed by atoms with Crippen molar-refractivity contribution in [3.8, 4) is 0 Å². The van der Waals surface area contributed by atoms with Crippen LogP contribution in [0, 0.1) is 0 Å². The van der Waals surface area contributed by atoms with Gasteiger partial charge in [0.2, 0.25) is 5.95 Å². The van der Waals surface area contributed by atoms with Gasteiger partial charge in [-0.3, -0.25) is 4.99 Å². The molecule has 150 valence electrons. The van der Waals surface area contributed by atoms with Crippen LogP contribution in [0.1, 0.15) is 22.5 Å². The van der Waals surface area contributed by atoms with Gasteiger partial charge in [0.1, 0.15) is 10.7 Å². The molecule has 0 radical (unpaired) electrons. The van der Waals surface area contributed by atoms with Crippen LogP contribution < -0.4 is 16.0 Å². The van der Waals surface area contributed by atoms with Crippen molar-refractivity contribution in [3.05, 3.63) is 34.0 Å². The summed E-state index contributed by atoms with van der Waals surface area (Å²) in [6.07, 6.45) is -0.605. The van der Waals surface area contributed by atoms with Crippen LogP contribution in [-0.4, -0.2) is 41.0 Å². The van der Waals surface area contributed by atoms with Gasteiger partial charge in [-0.25, -0.2) is 15.0 Å². The molecular formula is C15H21F3IN7S. The van der Waals surface area contributed by atoms with Gasteiger partial charge in [-0.05, 0) is 12.5 Å². The lowest BCUT2D eigenvalue weighted by atomic mass is 10.4. The number of rotatable bonds is 7. The monoisotopic (exact) mass is 515 g/mol. The fraction of sp³-hybridized carbons (Fsp3) is 0.467. The zero-order chi connectivity index (χ0) is 19.0. The first-order valence-electron chi connectivity index (χ1n) is 7.94. The van der Waals surface area contributed by atoms with E-state index in [4.69, 9.17) is 0 Å². The Bertz CT molecular complexity index is 736. The summed E-state index contributed by atoms with van der Waals surface area (Å²) < 4.78 is 37.8. The van der Waals surface area contributed by atoms with Gasteiger partial charge in [0.05, 0.1) is 6.54 Å². The van der Waals surface area contributed by atoms with Crippen LogP contribution in [0.15, 0.2) is 23.5 Å². The van der Waals surface area contributed by atoms with Crippen molar-refractivity contribution in [2.45, 2.75) is 26.1 Å². The molecule has 0 saturated heterocycles. The molecule has 0 aliphatic rings. The number of hydrogen-bond donors (Lipinski definition) is 3. The number of aryl methyl sites for hydroxylation is 1. The van der Waals surface area contributed by atoms with Crippen LogP contribution in [0.5, 0.6) is 0 Å². The highest BCUT2D eigenvalue weighted by atomic mass is 127. The number of alkyl halides is 3. The van der Waals surface area contributed by atoms with Crippen LogP contribution in [-0.2, 0) is 19.1 Å². The van der Waals surface area contributed by atoms with Crippen molar-refractivity contribution < 1.29 is 13.2 Å². The molecule has 0 fully saturated rings. The number of anilines is 1. The molecule has 2 rings (SSSR count). The maximum Gasteiger partial charge on any atom is 0.433 e. The lowest BCUT2D eigenvalue weighted by Crippen LogP contribution is -2.39. The summed E-state index contributed by atoms with van der Waals surface area (Å²) in [5.74, 6) is 0.504. The molecule has 2 heterocycles. The Morgan fingerprint density at radius 1 is 1.22 bits per heavy atom. The van der Waals surface area contributed by atoms with Gasteiger partial charge in [0.25, 0.3) is 0 Å². The molecule has 0 amide bonds. The average Bonchev–Trinajstić information content (AvgIpc) is 3.09. The highest BCUT2D eigenvalue weighted by molar-refractivity contribution is 14.0. The summed E-state index contributed by atoms with van der Waals surface area (Å²) in [6, 6.07) is 0.831. The predicted octanol–water partition coefficient (Wildman–Crippen LogP) is 2.91. The minimum Gasteiger partial charge on any atom is -0.355 e. The van der Waals surface area contributed by atoms with Crippen LogP contribution in [0.4, 0.5) is 19.1 Å². The molecule has 0 spiro atoms. The zero-order valence-electron chi connectivity index (χ0n) is 14.8. The molecule has 0 aliphatic heterocycles. The highest BCUT2D eigenvalue weighted by Crippen LogP contribution is 2.27. The smallest absolute Gasteiger partial charge is 0.355 e. The van der Waals surface area contributed by atoms with Gasteiger partial charge in [-0.15, -0.1) is 35.3 Å². The van der Waals surface area contributed by atoms with E-state index in [1.807, 2.05) is 6.20 Å². The summed E-state index contributed by atoms with van der Waals surface area (Å²) in [5.41, 5.74) is -0.977. The quantitative estimate of drug-likeness (QED) is 0.228. The van der Waals surface area contributed by atoms with E-state index in [2.05, 4.69) is 42.8 Å². The number of thiazole rings is 1. The molecule has 12 heteroatoms. The lowest BCUT2D eigenvalue weighted by molar-refractivity contribution is -0.141. The van der Waals surface area contributed by atoms with E-state index in [1.165, 1.54) is 4.88 Å². The third-order valence-electron chi connectivity index (χ3n) is 3.23. The molecule has 2 aromatic heterocycles. The molecular weight excluding hydrogens is 494 g/mol. The van der Waals surface area contributed by atoms with Crippen molar-refractivity contribution in [2.75, 3.05) is 25.5 Å². The number of halogens is 4. The normalized spacial score (nSPS) is 11.7. The molecule has 3 N–H and O–H groups in total. The number of nitrogens with one attached hydrogen (secondary N) is 3. The van der Waals surface area contributed by atoms with E-state index >= 15 is 0 Å². The number of aromatic nitrogens is 3. The second kappa shape index (κ2) is 11.2. The Morgan fingerprint density at radius 2 is 2.00 bits per heavy atom. The molecule has 0 aromatic carbocycles. The first-order valence-corrected chi connectivity index (χ1v) is 8.76. The minimum atomic E-state index is -4.49. The van der Waals surface area contributed by atoms with Crippen LogP contribution in [0.2, 0.25) is 0 Å². The summed E-state index contributed by atoms with van der Waals surface area (Å²) >= 11 is 1.64. The summed E-state index contributed by atoms with van der Waals surface area (Å²) in [5, 5.41) is 9.88. The Labute approximate surface area is 176 Å². The van der Waals surface area contributed by atoms with Crippen LogP contribution >= 0.6 is 35.3 Å². The largest absolute Gasteiger partial charge is 0.433 e. The molecule has 0 bridgehead atoms. The SMILES string of the molecule is CCc1cnc(CNC(=NC)NCCNc2nccc(C(F)(F)F)n2)s1.I. The van der Waals surface area contributed by atoms with E-state index in [0.717, 1.165) is 23.7 Å². The number of nitrogens with zero attached hydrogens (tertiary/aromatic N) is 4. The van der Waals surface area contributed by atoms with Gasteiger partial charge in [0, 0.05) is 37.4 Å². The second-order valence-corrected chi connectivity index (χ2v) is 6.32. The first-order chi connectivity index (χ1) is 12.4. The fourth-order valence-electron chi connectivity index (χ4n) is 1.93. The molecule has 0 saturated carbocycles. The van der Waals surface area contributed by atoms with E-state index in [0.29, 0.717) is 25.6 Å². The Balaban J connectivity index is 0.00000364. The van der Waals surface area contributed by atoms with Crippen molar-refractivity contribution >= 4 is 47.2 Å². The predicted molar refractivity (Wildman–Crippen MR) is 111 cm³/mol. The highest BCUT2D eigenvalue weighted by Gasteiger charge is 2.32. The number of guanidine groups is 1. The number of hydrogen-bond acceptors (Lipinski definition) is 6. The van der Waals surface area contributed by atoms with Crippen molar-refractivity contribution in [1.82, 2.24) is 25.6 Å². The molecule has 7 nitrogen and oxygen atoms in total. The topological polar surface area (TPSA) is 87.1 Å². The maximum atomic E-state index is 12.6. The first kappa shape index (κ1) is 23.3. The van der Waals surface area contributed by atoms with Crippen molar-refractivity contribution in [2.24, 2.45) is 4.99 Å². The van der Waals surface area contributed by atoms with Crippen molar-refractivity contribution in [3.63, 3.8) is 0 Å². The van der Waals surface area contributed by atoms with E-state index in [-0.39, 0.29) is 29.9 Å². The van der Waals surface area contributed by atoms with Crippen LogP contribution in [0.3, 0.4) is 0 Å². The minimum absolute atomic E-state index is 0. The Kier molecular flexibility index (Phi) is 9.69. The third kappa shape index (κ3) is 7.82. The molecule has 27 heavy (non-hydrogen) atoms. The van der Waals surface area contributed by atoms with Crippen LogP contribution in [0.25, 0.3) is 0 Å². The zero-order valence-corrected chi connectivity index (χ0v) is 17.9. The number of aliphatic imine (C=N–C) groups is 1. The molecule has 2 aromatic rings. The fourth-order valence-corrected chi connectivity index (χ4v) is 2.73. The van der Waals surface area contributed by atoms with E-state index in [1.54, 1.807) is 18.4 Å². The Hall–Kier alpha value is -1.70. The maximum absolute atomic E-state index is 12.6. The van der Waals surface area contributed by atoms with Gasteiger partial charge in [-0.1, -0.05) is 6.92 Å². The second-order valence-electron chi connectivity index (χ2n) is 5.12. The van der Waals surface area contributed by atoms with Gasteiger partial charge >= 0.3 is 6.18 Å². The average molecular weight is 515 g/mol. The summed E-state index contributed by atoms with van der Waals surface area (Å²) in [4.78, 5) is 16.8. The molecule has 0 aliphatic carbocycles. The molecule has 0 unspecified atom stereocenters. The van der Waals surface area contributed by atoms with Gasteiger partial charge in [0.15, 0.2) is 5.96 Å². The summed E-state index contributed by atoms with van der Waals surface area (Å²) in [6.45, 7) is 3.39. The van der Waals surface area contributed by atoms with Crippen molar-refractivity contribution in [1.29, 1.82) is 0 Å². The van der Waals surface area contributed by atoms with E-state index < -0.39 is 11.9 Å². The molecule has 0 atom stereocenters. The van der Waals surface area contributed by atoms with Gasteiger partial charge in [-0.2, -0.15) is 13.2 Å².